The number of ether oxygens (including phenoxy) is 2. The molecule has 1 unspecified atom stereocenters. The molecule has 0 aliphatic carbocycles. The van der Waals surface area contributed by atoms with Gasteiger partial charge in [0.25, 0.3) is 11.5 Å². The summed E-state index contributed by atoms with van der Waals surface area (Å²) >= 11 is 1.84. The maximum Gasteiger partial charge on any atom is 0.267 e. The number of hydrogen-bond donors (Lipinski definition) is 0. The summed E-state index contributed by atoms with van der Waals surface area (Å²) in [6, 6.07) is 7.09. The van der Waals surface area contributed by atoms with Crippen LogP contribution in [0, 0.1) is 0 Å². The van der Waals surface area contributed by atoms with Crippen molar-refractivity contribution in [3.05, 3.63) is 51.4 Å². The first-order valence-corrected chi connectivity index (χ1v) is 11.2. The molecular weight excluding hydrogens is 390 g/mol. The van der Waals surface area contributed by atoms with Gasteiger partial charge in [-0.15, -0.1) is 0 Å². The molecule has 5 rings (SSSR count). The molecule has 1 fully saturated rings. The van der Waals surface area contributed by atoms with E-state index in [1.54, 1.807) is 16.8 Å². The zero-order chi connectivity index (χ0) is 19.8. The van der Waals surface area contributed by atoms with Gasteiger partial charge in [0.05, 0.1) is 23.8 Å². The number of likely N-dealkylation sites (tertiary alicyclic amines) is 1. The number of fused-ring (bicyclic) bond motifs is 2. The highest BCUT2D eigenvalue weighted by Crippen LogP contribution is 2.35. The van der Waals surface area contributed by atoms with Crippen molar-refractivity contribution in [2.45, 2.75) is 37.6 Å². The molecule has 3 aliphatic heterocycles. The van der Waals surface area contributed by atoms with E-state index >= 15 is 0 Å². The average molecular weight is 413 g/mol. The molecule has 1 amide bonds. The normalized spacial score (nSPS) is 20.4. The highest BCUT2D eigenvalue weighted by Gasteiger charge is 2.33. The van der Waals surface area contributed by atoms with Crippen molar-refractivity contribution < 1.29 is 14.3 Å². The molecule has 0 radical (unpaired) electrons. The Balaban J connectivity index is 1.40. The van der Waals surface area contributed by atoms with E-state index < -0.39 is 0 Å². The third-order valence-electron chi connectivity index (χ3n) is 5.72. The lowest BCUT2D eigenvalue weighted by atomic mass is 10.1. The van der Waals surface area contributed by atoms with Crippen LogP contribution in [0.1, 0.15) is 34.5 Å². The summed E-state index contributed by atoms with van der Waals surface area (Å²) in [6.07, 6.45) is 2.67. The third kappa shape index (κ3) is 3.50. The van der Waals surface area contributed by atoms with Crippen molar-refractivity contribution in [2.75, 3.05) is 25.5 Å². The molecule has 8 heteroatoms. The van der Waals surface area contributed by atoms with Crippen LogP contribution in [0.5, 0.6) is 11.5 Å². The van der Waals surface area contributed by atoms with Crippen LogP contribution >= 0.6 is 11.8 Å². The Morgan fingerprint density at radius 3 is 3.10 bits per heavy atom. The van der Waals surface area contributed by atoms with Crippen LogP contribution in [0.2, 0.25) is 0 Å². The van der Waals surface area contributed by atoms with E-state index in [9.17, 15) is 9.59 Å². The van der Waals surface area contributed by atoms with Crippen LogP contribution in [-0.2, 0) is 18.7 Å². The molecule has 0 saturated carbocycles. The fourth-order valence-corrected chi connectivity index (χ4v) is 5.22. The SMILES string of the molecule is O=C(c1cccc2c1OCCO2)N1CCCC1Cn1nc2c(cc1=O)CSCC2. The zero-order valence-corrected chi connectivity index (χ0v) is 17.0. The Morgan fingerprint density at radius 1 is 1.28 bits per heavy atom. The summed E-state index contributed by atoms with van der Waals surface area (Å²) in [5.74, 6) is 2.96. The maximum absolute atomic E-state index is 13.3. The fraction of sp³-hybridized carbons (Fsp3) is 0.476. The highest BCUT2D eigenvalue weighted by molar-refractivity contribution is 7.98. The van der Waals surface area contributed by atoms with Gasteiger partial charge in [0.1, 0.15) is 13.2 Å². The van der Waals surface area contributed by atoms with Crippen LogP contribution in [0.4, 0.5) is 0 Å². The van der Waals surface area contributed by atoms with Crippen molar-refractivity contribution in [3.8, 4) is 11.5 Å². The van der Waals surface area contributed by atoms with Gasteiger partial charge in [0, 0.05) is 24.8 Å². The Morgan fingerprint density at radius 2 is 2.17 bits per heavy atom. The summed E-state index contributed by atoms with van der Waals surface area (Å²) in [4.78, 5) is 27.7. The number of carbonyl (C=O) groups excluding carboxylic acids is 1. The van der Waals surface area contributed by atoms with Gasteiger partial charge in [-0.1, -0.05) is 6.07 Å². The lowest BCUT2D eigenvalue weighted by Gasteiger charge is -2.27. The van der Waals surface area contributed by atoms with Gasteiger partial charge in [-0.2, -0.15) is 16.9 Å². The van der Waals surface area contributed by atoms with Gasteiger partial charge in [-0.25, -0.2) is 4.68 Å². The predicted molar refractivity (Wildman–Crippen MR) is 110 cm³/mol. The quantitative estimate of drug-likeness (QED) is 0.767. The van der Waals surface area contributed by atoms with Crippen LogP contribution in [-0.4, -0.2) is 52.1 Å². The highest BCUT2D eigenvalue weighted by atomic mass is 32.2. The van der Waals surface area contributed by atoms with Crippen LogP contribution in [0.3, 0.4) is 0 Å². The summed E-state index contributed by atoms with van der Waals surface area (Å²) < 4.78 is 12.9. The standard InChI is InChI=1S/C21H23N3O4S/c25-19-11-14-13-29-10-6-17(14)22-24(19)12-15-3-2-7-23(15)21(26)16-4-1-5-18-20(16)28-9-8-27-18/h1,4-5,11,15H,2-3,6-10,12-13H2. The monoisotopic (exact) mass is 413 g/mol. The number of carbonyl (C=O) groups is 1. The van der Waals surface area contributed by atoms with Gasteiger partial charge >= 0.3 is 0 Å². The maximum atomic E-state index is 13.3. The summed E-state index contributed by atoms with van der Waals surface area (Å²) in [6.45, 7) is 2.03. The number of aromatic nitrogens is 2. The van der Waals surface area contributed by atoms with Crippen molar-refractivity contribution in [1.82, 2.24) is 14.7 Å². The molecule has 4 heterocycles. The Kier molecular flexibility index (Phi) is 4.95. The number of rotatable bonds is 3. The summed E-state index contributed by atoms with van der Waals surface area (Å²) in [7, 11) is 0. The van der Waals surface area contributed by atoms with Crippen molar-refractivity contribution in [3.63, 3.8) is 0 Å². The molecule has 1 aromatic carbocycles. The fourth-order valence-electron chi connectivity index (χ4n) is 4.27. The second-order valence-corrected chi connectivity index (χ2v) is 8.67. The number of benzene rings is 1. The molecule has 3 aliphatic rings. The molecule has 0 N–H and O–H groups in total. The third-order valence-corrected chi connectivity index (χ3v) is 6.73. The molecule has 2 aromatic rings. The number of thioether (sulfide) groups is 1. The minimum absolute atomic E-state index is 0.0518. The molecule has 1 atom stereocenters. The van der Waals surface area contributed by atoms with Gasteiger partial charge in [0.2, 0.25) is 0 Å². The van der Waals surface area contributed by atoms with E-state index in [2.05, 4.69) is 5.10 Å². The lowest BCUT2D eigenvalue weighted by Crippen LogP contribution is -2.41. The van der Waals surface area contributed by atoms with Crippen molar-refractivity contribution in [1.29, 1.82) is 0 Å². The Bertz CT molecular complexity index is 1010. The first-order chi connectivity index (χ1) is 14.2. The van der Waals surface area contributed by atoms with Crippen LogP contribution < -0.4 is 15.0 Å². The second kappa shape index (κ2) is 7.74. The minimum atomic E-state index is -0.0839. The van der Waals surface area contributed by atoms with Gasteiger partial charge in [0.15, 0.2) is 11.5 Å². The minimum Gasteiger partial charge on any atom is -0.486 e. The second-order valence-electron chi connectivity index (χ2n) is 7.56. The first-order valence-electron chi connectivity index (χ1n) is 10.1. The number of aryl methyl sites for hydroxylation is 1. The molecule has 29 heavy (non-hydrogen) atoms. The van der Waals surface area contributed by atoms with E-state index in [-0.39, 0.29) is 17.5 Å². The van der Waals surface area contributed by atoms with E-state index in [4.69, 9.17) is 9.47 Å². The van der Waals surface area contributed by atoms with E-state index in [0.29, 0.717) is 43.4 Å². The van der Waals surface area contributed by atoms with Gasteiger partial charge < -0.3 is 14.4 Å². The van der Waals surface area contributed by atoms with Gasteiger partial charge in [-0.05, 0) is 36.3 Å². The molecule has 152 valence electrons. The largest absolute Gasteiger partial charge is 0.486 e. The molecule has 7 nitrogen and oxygen atoms in total. The first kappa shape index (κ1) is 18.5. The Hall–Kier alpha value is -2.48. The summed E-state index contributed by atoms with van der Waals surface area (Å²) in [5.41, 5.74) is 2.51. The average Bonchev–Trinajstić information content (AvgIpc) is 3.21. The Labute approximate surface area is 173 Å². The van der Waals surface area contributed by atoms with Crippen LogP contribution in [0.15, 0.2) is 29.1 Å². The summed E-state index contributed by atoms with van der Waals surface area (Å²) in [5, 5.41) is 4.62. The smallest absolute Gasteiger partial charge is 0.267 e. The number of para-hydroxylation sites is 1. The van der Waals surface area contributed by atoms with Crippen LogP contribution in [0.25, 0.3) is 0 Å². The van der Waals surface area contributed by atoms with Crippen molar-refractivity contribution in [2.24, 2.45) is 0 Å². The molecule has 0 bridgehead atoms. The zero-order valence-electron chi connectivity index (χ0n) is 16.1. The van der Waals surface area contributed by atoms with E-state index in [1.807, 2.05) is 28.8 Å². The predicted octanol–water partition coefficient (Wildman–Crippen LogP) is 2.11. The molecule has 1 aromatic heterocycles. The number of nitrogens with zero attached hydrogens (tertiary/aromatic N) is 3. The number of hydrogen-bond acceptors (Lipinski definition) is 6. The van der Waals surface area contributed by atoms with Crippen molar-refractivity contribution >= 4 is 17.7 Å². The molecule has 0 spiro atoms. The topological polar surface area (TPSA) is 73.7 Å². The van der Waals surface area contributed by atoms with Gasteiger partial charge in [-0.3, -0.25) is 9.59 Å². The lowest BCUT2D eigenvalue weighted by molar-refractivity contribution is 0.0710. The van der Waals surface area contributed by atoms with E-state index in [0.717, 1.165) is 42.0 Å². The van der Waals surface area contributed by atoms with E-state index in [1.165, 1.54) is 0 Å². The number of amides is 1. The molecular formula is C21H23N3O4S. The molecule has 1 saturated heterocycles.